The van der Waals surface area contributed by atoms with Crippen molar-refractivity contribution in [2.45, 2.75) is 0 Å². The van der Waals surface area contributed by atoms with Gasteiger partial charge in [0.1, 0.15) is 5.52 Å². The van der Waals surface area contributed by atoms with Gasteiger partial charge in [0.05, 0.1) is 0 Å². The first-order valence-electron chi connectivity index (χ1n) is 13.5. The Bertz CT molecular complexity index is 2160. The fourth-order valence-corrected chi connectivity index (χ4v) is 5.75. The van der Waals surface area contributed by atoms with E-state index in [0.717, 1.165) is 55.3 Å². The van der Waals surface area contributed by atoms with Gasteiger partial charge in [0.25, 0.3) is 0 Å². The number of fused-ring (bicyclic) bond motifs is 7. The van der Waals surface area contributed by atoms with Crippen LogP contribution in [0.25, 0.3) is 54.9 Å². The molecule has 8 aromatic rings. The maximum absolute atomic E-state index is 6.47. The highest BCUT2D eigenvalue weighted by Gasteiger charge is 2.19. The van der Waals surface area contributed by atoms with E-state index >= 15 is 0 Å². The highest BCUT2D eigenvalue weighted by Crippen LogP contribution is 2.42. The first-order valence-corrected chi connectivity index (χ1v) is 13.5. The van der Waals surface area contributed by atoms with E-state index in [2.05, 4.69) is 120 Å². The molecule has 3 nitrogen and oxygen atoms in total. The molecule has 0 aliphatic carbocycles. The number of nitrogens with zero attached hydrogens (tertiary/aromatic N) is 2. The minimum atomic E-state index is 0.633. The summed E-state index contributed by atoms with van der Waals surface area (Å²) in [7, 11) is 0. The van der Waals surface area contributed by atoms with Crippen LogP contribution in [0.5, 0.6) is 0 Å². The number of benzene rings is 7. The smallest absolute Gasteiger partial charge is 0.227 e. The van der Waals surface area contributed by atoms with Crippen LogP contribution >= 0.6 is 0 Å². The molecule has 0 saturated heterocycles. The van der Waals surface area contributed by atoms with Crippen molar-refractivity contribution in [3.8, 4) is 11.5 Å². The van der Waals surface area contributed by atoms with E-state index in [-0.39, 0.29) is 0 Å². The average molecular weight is 513 g/mol. The zero-order valence-electron chi connectivity index (χ0n) is 21.7. The van der Waals surface area contributed by atoms with Crippen LogP contribution in [0, 0.1) is 0 Å². The topological polar surface area (TPSA) is 29.3 Å². The summed E-state index contributed by atoms with van der Waals surface area (Å²) in [6.45, 7) is 0. The van der Waals surface area contributed by atoms with Crippen LogP contribution in [0.4, 0.5) is 17.1 Å². The van der Waals surface area contributed by atoms with Gasteiger partial charge in [0, 0.05) is 33.4 Å². The van der Waals surface area contributed by atoms with E-state index in [9.17, 15) is 0 Å². The van der Waals surface area contributed by atoms with Crippen LogP contribution in [0.1, 0.15) is 0 Å². The van der Waals surface area contributed by atoms with Crippen LogP contribution in [-0.2, 0) is 0 Å². The second-order valence-corrected chi connectivity index (χ2v) is 10.0. The fourth-order valence-electron chi connectivity index (χ4n) is 5.75. The number of aromatic nitrogens is 1. The molecule has 188 valence electrons. The summed E-state index contributed by atoms with van der Waals surface area (Å²) < 4.78 is 6.47. The normalized spacial score (nSPS) is 11.5. The minimum absolute atomic E-state index is 0.633. The summed E-state index contributed by atoms with van der Waals surface area (Å²) in [6, 6.07) is 50.9. The van der Waals surface area contributed by atoms with Crippen LogP contribution < -0.4 is 4.90 Å². The molecule has 3 heteroatoms. The van der Waals surface area contributed by atoms with Gasteiger partial charge in [-0.05, 0) is 70.1 Å². The molecule has 0 N–H and O–H groups in total. The maximum atomic E-state index is 6.47. The van der Waals surface area contributed by atoms with Gasteiger partial charge < -0.3 is 9.32 Å². The van der Waals surface area contributed by atoms with E-state index in [1.165, 1.54) is 10.8 Å². The monoisotopic (exact) mass is 512 g/mol. The molecule has 0 unspecified atom stereocenters. The molecule has 0 amide bonds. The van der Waals surface area contributed by atoms with Gasteiger partial charge in [-0.15, -0.1) is 0 Å². The molecule has 0 aliphatic rings. The van der Waals surface area contributed by atoms with Gasteiger partial charge in [-0.2, -0.15) is 0 Å². The van der Waals surface area contributed by atoms with Crippen molar-refractivity contribution in [2.75, 3.05) is 4.90 Å². The quantitative estimate of drug-likeness (QED) is 0.220. The van der Waals surface area contributed by atoms with E-state index in [1.54, 1.807) is 0 Å². The zero-order chi connectivity index (χ0) is 26.5. The van der Waals surface area contributed by atoms with Crippen LogP contribution in [0.2, 0.25) is 0 Å². The van der Waals surface area contributed by atoms with E-state index in [0.29, 0.717) is 5.89 Å². The third kappa shape index (κ3) is 3.63. The number of hydrogen-bond acceptors (Lipinski definition) is 3. The van der Waals surface area contributed by atoms with Gasteiger partial charge in [-0.1, -0.05) is 97.1 Å². The SMILES string of the molecule is c1ccc(-c2nc3c4cc(N(c5ccccc5)c5ccc6ccccc6c5)ccc4c4ccccc4c3o2)cc1. The predicted molar refractivity (Wildman–Crippen MR) is 167 cm³/mol. The number of hydrogen-bond donors (Lipinski definition) is 0. The van der Waals surface area contributed by atoms with Gasteiger partial charge in [-0.3, -0.25) is 0 Å². The van der Waals surface area contributed by atoms with Gasteiger partial charge in [0.2, 0.25) is 5.89 Å². The lowest BCUT2D eigenvalue weighted by Crippen LogP contribution is -2.09. The molecule has 0 saturated carbocycles. The second kappa shape index (κ2) is 9.11. The predicted octanol–water partition coefficient (Wildman–Crippen LogP) is 10.4. The summed E-state index contributed by atoms with van der Waals surface area (Å²) in [4.78, 5) is 7.37. The van der Waals surface area contributed by atoms with E-state index in [4.69, 9.17) is 9.40 Å². The Morgan fingerprint density at radius 1 is 0.450 bits per heavy atom. The molecule has 0 radical (unpaired) electrons. The van der Waals surface area contributed by atoms with Crippen molar-refractivity contribution < 1.29 is 4.42 Å². The third-order valence-corrected chi connectivity index (χ3v) is 7.63. The van der Waals surface area contributed by atoms with Gasteiger partial charge in [-0.25, -0.2) is 4.98 Å². The Morgan fingerprint density at radius 2 is 1.07 bits per heavy atom. The Balaban J connectivity index is 1.41. The van der Waals surface area contributed by atoms with E-state index in [1.807, 2.05) is 30.3 Å². The lowest BCUT2D eigenvalue weighted by molar-refractivity contribution is 0.623. The summed E-state index contributed by atoms with van der Waals surface area (Å²) in [5.41, 5.74) is 5.92. The summed E-state index contributed by atoms with van der Waals surface area (Å²) in [5.74, 6) is 0.633. The van der Waals surface area contributed by atoms with Crippen LogP contribution in [0.3, 0.4) is 0 Å². The standard InChI is InChI=1S/C37H24N2O/c1-3-12-26(13-4-1)37-38-35-34-24-30(21-22-32(34)31-17-9-10-18-33(31)36(35)40-37)39(28-15-5-2-6-16-28)29-20-19-25-11-7-8-14-27(25)23-29/h1-24H. The molecule has 0 bridgehead atoms. The fraction of sp³-hybridized carbons (Fsp3) is 0. The molecule has 0 spiro atoms. The van der Waals surface area contributed by atoms with Crippen molar-refractivity contribution in [2.24, 2.45) is 0 Å². The molecule has 7 aromatic carbocycles. The molecule has 40 heavy (non-hydrogen) atoms. The molecule has 1 heterocycles. The van der Waals surface area contributed by atoms with Crippen LogP contribution in [0.15, 0.2) is 150 Å². The maximum Gasteiger partial charge on any atom is 0.227 e. The first kappa shape index (κ1) is 22.6. The second-order valence-electron chi connectivity index (χ2n) is 10.0. The number of oxazole rings is 1. The summed E-state index contributed by atoms with van der Waals surface area (Å²) in [6.07, 6.45) is 0. The van der Waals surface area contributed by atoms with Gasteiger partial charge >= 0.3 is 0 Å². The largest absolute Gasteiger partial charge is 0.435 e. The lowest BCUT2D eigenvalue weighted by Gasteiger charge is -2.26. The Hall–Kier alpha value is -5.41. The first-order chi connectivity index (χ1) is 19.8. The van der Waals surface area contributed by atoms with E-state index < -0.39 is 0 Å². The molecule has 0 atom stereocenters. The van der Waals surface area contributed by atoms with Gasteiger partial charge in [0.15, 0.2) is 5.58 Å². The average Bonchev–Trinajstić information content (AvgIpc) is 3.49. The molecule has 8 rings (SSSR count). The molecule has 0 fully saturated rings. The number of para-hydroxylation sites is 1. The number of anilines is 3. The highest BCUT2D eigenvalue weighted by atomic mass is 16.3. The number of rotatable bonds is 4. The molecule has 0 aliphatic heterocycles. The summed E-state index contributed by atoms with van der Waals surface area (Å²) >= 11 is 0. The summed E-state index contributed by atoms with van der Waals surface area (Å²) in [5, 5.41) is 6.89. The van der Waals surface area contributed by atoms with Crippen molar-refractivity contribution in [3.63, 3.8) is 0 Å². The van der Waals surface area contributed by atoms with Crippen molar-refractivity contribution in [3.05, 3.63) is 146 Å². The zero-order valence-corrected chi connectivity index (χ0v) is 21.7. The van der Waals surface area contributed by atoms with Crippen molar-refractivity contribution >= 4 is 60.5 Å². The lowest BCUT2D eigenvalue weighted by atomic mass is 9.99. The molecule has 1 aromatic heterocycles. The highest BCUT2D eigenvalue weighted by molar-refractivity contribution is 6.23. The Kier molecular flexibility index (Phi) is 5.14. The Morgan fingerprint density at radius 3 is 1.90 bits per heavy atom. The van der Waals surface area contributed by atoms with Crippen LogP contribution in [-0.4, -0.2) is 4.98 Å². The third-order valence-electron chi connectivity index (χ3n) is 7.63. The minimum Gasteiger partial charge on any atom is -0.435 e. The molecular formula is C37H24N2O. The van der Waals surface area contributed by atoms with Crippen molar-refractivity contribution in [1.29, 1.82) is 0 Å². The Labute approximate surface area is 231 Å². The molecular weight excluding hydrogens is 488 g/mol. The van der Waals surface area contributed by atoms with Crippen molar-refractivity contribution in [1.82, 2.24) is 4.98 Å².